The van der Waals surface area contributed by atoms with Crippen LogP contribution in [-0.4, -0.2) is 31.5 Å². The molecular weight excluding hydrogens is 447 g/mol. The Bertz CT molecular complexity index is 1180. The topological polar surface area (TPSA) is 76.6 Å². The van der Waals surface area contributed by atoms with Crippen LogP contribution in [0, 0.1) is 0 Å². The van der Waals surface area contributed by atoms with Crippen molar-refractivity contribution in [2.75, 3.05) is 10.8 Å². The average Bonchev–Trinajstić information content (AvgIpc) is 2.63. The molecule has 0 saturated carbocycles. The molecule has 0 radical (unpaired) electrons. The molecule has 0 fully saturated rings. The van der Waals surface area contributed by atoms with Crippen LogP contribution in [0.3, 0.4) is 0 Å². The minimum absolute atomic E-state index is 0.142. The number of para-hydroxylation sites is 1. The first-order valence-electron chi connectivity index (χ1n) is 9.02. The zero-order valence-corrected chi connectivity index (χ0v) is 18.9. The summed E-state index contributed by atoms with van der Waals surface area (Å²) >= 11 is 12.0. The molecule has 0 saturated heterocycles. The molecule has 0 spiro atoms. The first-order chi connectivity index (χ1) is 14.0. The normalized spacial score (nSPS) is 12.0. The molecule has 0 aliphatic carbocycles. The largest absolute Gasteiger partial charge is 0.459 e. The lowest BCUT2D eigenvalue weighted by molar-refractivity contribution is -0.152. The van der Waals surface area contributed by atoms with Crippen LogP contribution >= 0.6 is 23.2 Å². The molecule has 3 rings (SSSR count). The van der Waals surface area contributed by atoms with Crippen molar-refractivity contribution in [2.45, 2.75) is 31.3 Å². The first-order valence-corrected chi connectivity index (χ1v) is 11.2. The van der Waals surface area contributed by atoms with Crippen LogP contribution in [0.2, 0.25) is 10.0 Å². The lowest BCUT2D eigenvalue weighted by atomic mass is 10.2. The van der Waals surface area contributed by atoms with Gasteiger partial charge in [-0.1, -0.05) is 41.4 Å². The predicted octanol–water partition coefficient (Wildman–Crippen LogP) is 5.08. The van der Waals surface area contributed by atoms with Crippen molar-refractivity contribution >= 4 is 55.8 Å². The third kappa shape index (κ3) is 5.03. The summed E-state index contributed by atoms with van der Waals surface area (Å²) in [5, 5.41) is 1.05. The zero-order chi connectivity index (χ0) is 22.1. The Morgan fingerprint density at radius 2 is 1.70 bits per heavy atom. The number of carbonyl (C=O) groups is 1. The van der Waals surface area contributed by atoms with E-state index in [0.717, 1.165) is 9.69 Å². The minimum atomic E-state index is -4.22. The third-order valence-electron chi connectivity index (χ3n) is 4.00. The highest BCUT2D eigenvalue weighted by Crippen LogP contribution is 2.32. The molecule has 30 heavy (non-hydrogen) atoms. The molecule has 0 aliphatic heterocycles. The number of fused-ring (bicyclic) bond motifs is 1. The molecule has 6 nitrogen and oxygen atoms in total. The quantitative estimate of drug-likeness (QED) is 0.490. The van der Waals surface area contributed by atoms with E-state index in [1.807, 2.05) is 0 Å². The van der Waals surface area contributed by atoms with E-state index in [1.54, 1.807) is 57.3 Å². The van der Waals surface area contributed by atoms with Gasteiger partial charge in [0.05, 0.1) is 16.1 Å². The van der Waals surface area contributed by atoms with E-state index in [9.17, 15) is 13.2 Å². The van der Waals surface area contributed by atoms with E-state index < -0.39 is 28.1 Å². The Balaban J connectivity index is 2.17. The maximum atomic E-state index is 13.6. The van der Waals surface area contributed by atoms with Crippen LogP contribution in [0.15, 0.2) is 59.6 Å². The molecule has 0 bridgehead atoms. The number of esters is 1. The highest BCUT2D eigenvalue weighted by molar-refractivity contribution is 7.92. The van der Waals surface area contributed by atoms with E-state index in [1.165, 1.54) is 18.2 Å². The molecular formula is C21H20Cl2N2O4S. The molecule has 1 heterocycles. The number of rotatable bonds is 5. The van der Waals surface area contributed by atoms with Gasteiger partial charge in [-0.05, 0) is 51.1 Å². The van der Waals surface area contributed by atoms with Crippen molar-refractivity contribution in [1.29, 1.82) is 0 Å². The number of carbonyl (C=O) groups excluding carboxylic acids is 1. The summed E-state index contributed by atoms with van der Waals surface area (Å²) in [7, 11) is -4.22. The molecule has 0 unspecified atom stereocenters. The fourth-order valence-corrected chi connectivity index (χ4v) is 5.03. The Morgan fingerprint density at radius 3 is 2.33 bits per heavy atom. The SMILES string of the molecule is CC(C)(C)OC(=O)CN(c1cccc2cccnc12)S(=O)(=O)c1cc(Cl)cc(Cl)c1. The maximum Gasteiger partial charge on any atom is 0.327 e. The van der Waals surface area contributed by atoms with Crippen LogP contribution in [0.5, 0.6) is 0 Å². The summed E-state index contributed by atoms with van der Waals surface area (Å²) < 4.78 is 33.4. The second kappa shape index (κ2) is 8.41. The van der Waals surface area contributed by atoms with Gasteiger partial charge in [0.15, 0.2) is 0 Å². The number of sulfonamides is 1. The first kappa shape index (κ1) is 22.3. The van der Waals surface area contributed by atoms with Gasteiger partial charge in [0.1, 0.15) is 12.1 Å². The molecule has 0 atom stereocenters. The standard InChI is InChI=1S/C21H20Cl2N2O4S/c1-21(2,3)29-19(26)13-25(18-8-4-6-14-7-5-9-24-20(14)18)30(27,28)17-11-15(22)10-16(23)12-17/h4-12H,13H2,1-3H3. The minimum Gasteiger partial charge on any atom is -0.459 e. The van der Waals surface area contributed by atoms with Crippen LogP contribution < -0.4 is 4.31 Å². The van der Waals surface area contributed by atoms with E-state index in [2.05, 4.69) is 4.98 Å². The molecule has 0 N–H and O–H groups in total. The van der Waals surface area contributed by atoms with Crippen molar-refractivity contribution in [1.82, 2.24) is 4.98 Å². The van der Waals surface area contributed by atoms with Crippen LogP contribution in [0.25, 0.3) is 10.9 Å². The fourth-order valence-electron chi connectivity index (χ4n) is 2.88. The fraction of sp³-hybridized carbons (Fsp3) is 0.238. The second-order valence-corrected chi connectivity index (χ2v) is 10.3. The molecule has 1 aromatic heterocycles. The summed E-state index contributed by atoms with van der Waals surface area (Å²) in [6.07, 6.45) is 1.56. The zero-order valence-electron chi connectivity index (χ0n) is 16.6. The van der Waals surface area contributed by atoms with Gasteiger partial charge in [0, 0.05) is 21.6 Å². The Hall–Kier alpha value is -2.35. The number of hydrogen-bond donors (Lipinski definition) is 0. The van der Waals surface area contributed by atoms with Gasteiger partial charge < -0.3 is 4.74 Å². The predicted molar refractivity (Wildman–Crippen MR) is 119 cm³/mol. The molecule has 9 heteroatoms. The number of anilines is 1. The maximum absolute atomic E-state index is 13.6. The van der Waals surface area contributed by atoms with Gasteiger partial charge in [-0.15, -0.1) is 0 Å². The number of ether oxygens (including phenoxy) is 1. The lowest BCUT2D eigenvalue weighted by Gasteiger charge is -2.27. The van der Waals surface area contributed by atoms with Crippen molar-refractivity contribution < 1.29 is 17.9 Å². The van der Waals surface area contributed by atoms with E-state index in [0.29, 0.717) is 5.52 Å². The van der Waals surface area contributed by atoms with E-state index in [-0.39, 0.29) is 20.6 Å². The number of hydrogen-bond acceptors (Lipinski definition) is 5. The molecule has 0 aliphatic rings. The van der Waals surface area contributed by atoms with Gasteiger partial charge in [-0.25, -0.2) is 8.42 Å². The molecule has 2 aromatic carbocycles. The van der Waals surface area contributed by atoms with Gasteiger partial charge in [-0.3, -0.25) is 14.1 Å². The molecule has 0 amide bonds. The summed E-state index contributed by atoms with van der Waals surface area (Å²) in [6, 6.07) is 12.6. The van der Waals surface area contributed by atoms with E-state index in [4.69, 9.17) is 27.9 Å². The van der Waals surface area contributed by atoms with Crippen molar-refractivity contribution in [3.63, 3.8) is 0 Å². The lowest BCUT2D eigenvalue weighted by Crippen LogP contribution is -2.39. The summed E-state index contributed by atoms with van der Waals surface area (Å²) in [5.41, 5.74) is -0.0987. The van der Waals surface area contributed by atoms with Crippen molar-refractivity contribution in [3.05, 3.63) is 64.8 Å². The van der Waals surface area contributed by atoms with Crippen molar-refractivity contribution in [3.8, 4) is 0 Å². The van der Waals surface area contributed by atoms with Gasteiger partial charge in [0.2, 0.25) is 0 Å². The van der Waals surface area contributed by atoms with Crippen LogP contribution in [-0.2, 0) is 19.6 Å². The Morgan fingerprint density at radius 1 is 1.07 bits per heavy atom. The highest BCUT2D eigenvalue weighted by Gasteiger charge is 2.31. The Kier molecular flexibility index (Phi) is 6.26. The summed E-state index contributed by atoms with van der Waals surface area (Å²) in [5.74, 6) is -0.702. The summed E-state index contributed by atoms with van der Waals surface area (Å²) in [4.78, 5) is 16.8. The van der Waals surface area contributed by atoms with E-state index >= 15 is 0 Å². The number of aromatic nitrogens is 1. The molecule has 158 valence electrons. The number of pyridine rings is 1. The number of benzene rings is 2. The Labute approximate surface area is 185 Å². The number of halogens is 2. The highest BCUT2D eigenvalue weighted by atomic mass is 35.5. The number of nitrogens with zero attached hydrogens (tertiary/aromatic N) is 2. The average molecular weight is 467 g/mol. The smallest absolute Gasteiger partial charge is 0.327 e. The van der Waals surface area contributed by atoms with Gasteiger partial charge >= 0.3 is 5.97 Å². The monoisotopic (exact) mass is 466 g/mol. The van der Waals surface area contributed by atoms with Gasteiger partial charge in [-0.2, -0.15) is 0 Å². The van der Waals surface area contributed by atoms with Crippen molar-refractivity contribution in [2.24, 2.45) is 0 Å². The summed E-state index contributed by atoms with van der Waals surface area (Å²) in [6.45, 7) is 4.58. The molecule has 3 aromatic rings. The van der Waals surface area contributed by atoms with Crippen LogP contribution in [0.4, 0.5) is 5.69 Å². The second-order valence-electron chi connectivity index (χ2n) is 7.56. The van der Waals surface area contributed by atoms with Crippen LogP contribution in [0.1, 0.15) is 20.8 Å². The third-order valence-corrected chi connectivity index (χ3v) is 6.17. The van der Waals surface area contributed by atoms with Gasteiger partial charge in [0.25, 0.3) is 10.0 Å².